The van der Waals surface area contributed by atoms with Crippen molar-refractivity contribution in [2.24, 2.45) is 5.92 Å². The third kappa shape index (κ3) is 4.81. The van der Waals surface area contributed by atoms with Gasteiger partial charge < -0.3 is 15.0 Å². The van der Waals surface area contributed by atoms with Crippen LogP contribution in [0.25, 0.3) is 0 Å². The number of rotatable bonds is 4. The average molecular weight is 318 g/mol. The van der Waals surface area contributed by atoms with E-state index in [9.17, 15) is 14.4 Å². The van der Waals surface area contributed by atoms with Crippen LogP contribution in [-0.4, -0.2) is 42.9 Å². The maximum Gasteiger partial charge on any atom is 0.337 e. The second-order valence-electron chi connectivity index (χ2n) is 5.86. The van der Waals surface area contributed by atoms with Crippen molar-refractivity contribution in [1.29, 1.82) is 0 Å². The van der Waals surface area contributed by atoms with Crippen LogP contribution in [0.15, 0.2) is 24.3 Å². The average Bonchev–Trinajstić information content (AvgIpc) is 2.54. The Labute approximate surface area is 135 Å². The summed E-state index contributed by atoms with van der Waals surface area (Å²) in [6, 6.07) is 6.44. The number of likely N-dealkylation sites (tertiary alicyclic amines) is 1. The molecule has 0 spiro atoms. The van der Waals surface area contributed by atoms with Crippen molar-refractivity contribution < 1.29 is 19.1 Å². The summed E-state index contributed by atoms with van der Waals surface area (Å²) in [6.45, 7) is 3.60. The SMILES string of the molecule is COC(=O)c1cccc(NC(=O)CC(=O)N2CCC(C)CC2)c1. The summed E-state index contributed by atoms with van der Waals surface area (Å²) in [6.07, 6.45) is 1.78. The molecule has 1 aliphatic heterocycles. The van der Waals surface area contributed by atoms with Gasteiger partial charge in [-0.1, -0.05) is 13.0 Å². The van der Waals surface area contributed by atoms with Crippen LogP contribution in [0.3, 0.4) is 0 Å². The lowest BCUT2D eigenvalue weighted by Crippen LogP contribution is -2.39. The summed E-state index contributed by atoms with van der Waals surface area (Å²) in [5.74, 6) is -0.372. The summed E-state index contributed by atoms with van der Waals surface area (Å²) in [5, 5.41) is 2.65. The van der Waals surface area contributed by atoms with Gasteiger partial charge in [0.15, 0.2) is 0 Å². The molecule has 0 radical (unpaired) electrons. The zero-order valence-corrected chi connectivity index (χ0v) is 13.5. The monoisotopic (exact) mass is 318 g/mol. The molecule has 1 aliphatic rings. The summed E-state index contributed by atoms with van der Waals surface area (Å²) in [5.41, 5.74) is 0.819. The minimum Gasteiger partial charge on any atom is -0.465 e. The van der Waals surface area contributed by atoms with E-state index in [4.69, 9.17) is 0 Å². The van der Waals surface area contributed by atoms with Gasteiger partial charge in [0, 0.05) is 18.8 Å². The van der Waals surface area contributed by atoms with Gasteiger partial charge in [-0.05, 0) is 37.0 Å². The first-order chi connectivity index (χ1) is 11.0. The van der Waals surface area contributed by atoms with E-state index in [-0.39, 0.29) is 18.2 Å². The number of hydrogen-bond donors (Lipinski definition) is 1. The number of anilines is 1. The number of benzene rings is 1. The highest BCUT2D eigenvalue weighted by Gasteiger charge is 2.22. The summed E-state index contributed by atoms with van der Waals surface area (Å²) in [4.78, 5) is 37.3. The highest BCUT2D eigenvalue weighted by Crippen LogP contribution is 2.17. The number of ether oxygens (including phenoxy) is 1. The number of nitrogens with one attached hydrogen (secondary N) is 1. The summed E-state index contributed by atoms with van der Waals surface area (Å²) in [7, 11) is 1.30. The molecule has 2 amide bonds. The Balaban J connectivity index is 1.89. The molecule has 1 saturated heterocycles. The normalized spacial score (nSPS) is 15.1. The van der Waals surface area contributed by atoms with Crippen LogP contribution in [0, 0.1) is 5.92 Å². The van der Waals surface area contributed by atoms with E-state index in [1.165, 1.54) is 13.2 Å². The number of carbonyl (C=O) groups excluding carboxylic acids is 3. The third-order valence-electron chi connectivity index (χ3n) is 4.02. The van der Waals surface area contributed by atoms with Gasteiger partial charge in [0.1, 0.15) is 6.42 Å². The van der Waals surface area contributed by atoms with E-state index in [2.05, 4.69) is 17.0 Å². The molecule has 1 aromatic rings. The van der Waals surface area contributed by atoms with Crippen molar-refractivity contribution in [1.82, 2.24) is 4.90 Å². The fourth-order valence-corrected chi connectivity index (χ4v) is 2.55. The maximum atomic E-state index is 12.1. The van der Waals surface area contributed by atoms with Crippen LogP contribution in [0.1, 0.15) is 36.5 Å². The van der Waals surface area contributed by atoms with E-state index < -0.39 is 5.97 Å². The van der Waals surface area contributed by atoms with Crippen molar-refractivity contribution in [3.8, 4) is 0 Å². The second-order valence-corrected chi connectivity index (χ2v) is 5.86. The first-order valence-corrected chi connectivity index (χ1v) is 7.75. The molecule has 0 aliphatic carbocycles. The Bertz CT molecular complexity index is 592. The zero-order valence-electron chi connectivity index (χ0n) is 13.5. The first kappa shape index (κ1) is 17.0. The van der Waals surface area contributed by atoms with Gasteiger partial charge in [-0.3, -0.25) is 9.59 Å². The molecule has 23 heavy (non-hydrogen) atoms. The molecule has 2 rings (SSSR count). The van der Waals surface area contributed by atoms with E-state index >= 15 is 0 Å². The number of piperidine rings is 1. The molecule has 0 bridgehead atoms. The predicted molar refractivity (Wildman–Crippen MR) is 86.0 cm³/mol. The van der Waals surface area contributed by atoms with Crippen LogP contribution < -0.4 is 5.32 Å². The van der Waals surface area contributed by atoms with Crippen LogP contribution in [0.2, 0.25) is 0 Å². The van der Waals surface area contributed by atoms with Gasteiger partial charge in [0.25, 0.3) is 0 Å². The van der Waals surface area contributed by atoms with Crippen LogP contribution in [-0.2, 0) is 14.3 Å². The lowest BCUT2D eigenvalue weighted by Gasteiger charge is -2.30. The molecule has 1 heterocycles. The maximum absolute atomic E-state index is 12.1. The summed E-state index contributed by atoms with van der Waals surface area (Å²) >= 11 is 0. The van der Waals surface area contributed by atoms with Gasteiger partial charge >= 0.3 is 5.97 Å². The topological polar surface area (TPSA) is 75.7 Å². The minimum absolute atomic E-state index is 0.154. The standard InChI is InChI=1S/C17H22N2O4/c1-12-6-8-19(9-7-12)16(21)11-15(20)18-14-5-3-4-13(10-14)17(22)23-2/h3-5,10,12H,6-9,11H2,1-2H3,(H,18,20). The zero-order chi connectivity index (χ0) is 16.8. The van der Waals surface area contributed by atoms with Crippen molar-refractivity contribution in [2.75, 3.05) is 25.5 Å². The summed E-state index contributed by atoms with van der Waals surface area (Å²) < 4.78 is 4.64. The first-order valence-electron chi connectivity index (χ1n) is 7.75. The van der Waals surface area contributed by atoms with Crippen LogP contribution in [0.4, 0.5) is 5.69 Å². The van der Waals surface area contributed by atoms with Crippen molar-refractivity contribution in [2.45, 2.75) is 26.2 Å². The number of methoxy groups -OCH3 is 1. The molecule has 1 aromatic carbocycles. The molecule has 6 heteroatoms. The number of carbonyl (C=O) groups is 3. The van der Waals surface area contributed by atoms with Crippen LogP contribution >= 0.6 is 0 Å². The molecule has 1 fully saturated rings. The minimum atomic E-state index is -0.473. The second kappa shape index (κ2) is 7.76. The van der Waals surface area contributed by atoms with E-state index in [1.54, 1.807) is 23.1 Å². The van der Waals surface area contributed by atoms with Gasteiger partial charge in [-0.25, -0.2) is 4.79 Å². The van der Waals surface area contributed by atoms with Gasteiger partial charge in [-0.2, -0.15) is 0 Å². The van der Waals surface area contributed by atoms with E-state index in [0.717, 1.165) is 12.8 Å². The molecule has 6 nitrogen and oxygen atoms in total. The Morgan fingerprint density at radius 3 is 2.61 bits per heavy atom. The third-order valence-corrected chi connectivity index (χ3v) is 4.02. The molecule has 0 atom stereocenters. The fraction of sp³-hybridized carbons (Fsp3) is 0.471. The number of nitrogens with zero attached hydrogens (tertiary/aromatic N) is 1. The Kier molecular flexibility index (Phi) is 5.73. The number of amides is 2. The van der Waals surface area contributed by atoms with E-state index in [1.807, 2.05) is 0 Å². The van der Waals surface area contributed by atoms with E-state index in [0.29, 0.717) is 30.3 Å². The number of hydrogen-bond acceptors (Lipinski definition) is 4. The highest BCUT2D eigenvalue weighted by molar-refractivity contribution is 6.04. The lowest BCUT2D eigenvalue weighted by molar-refractivity contribution is -0.135. The molecule has 124 valence electrons. The smallest absolute Gasteiger partial charge is 0.337 e. The van der Waals surface area contributed by atoms with Crippen molar-refractivity contribution >= 4 is 23.5 Å². The highest BCUT2D eigenvalue weighted by atomic mass is 16.5. The molecular weight excluding hydrogens is 296 g/mol. The lowest BCUT2D eigenvalue weighted by atomic mass is 9.99. The number of esters is 1. The predicted octanol–water partition coefficient (Wildman–Crippen LogP) is 2.06. The molecule has 0 unspecified atom stereocenters. The van der Waals surface area contributed by atoms with Crippen molar-refractivity contribution in [3.63, 3.8) is 0 Å². The molecule has 0 saturated carbocycles. The van der Waals surface area contributed by atoms with Crippen LogP contribution in [0.5, 0.6) is 0 Å². The van der Waals surface area contributed by atoms with Gasteiger partial charge in [0.2, 0.25) is 11.8 Å². The molecular formula is C17H22N2O4. The van der Waals surface area contributed by atoms with Crippen molar-refractivity contribution in [3.05, 3.63) is 29.8 Å². The Morgan fingerprint density at radius 1 is 1.26 bits per heavy atom. The quantitative estimate of drug-likeness (QED) is 0.681. The largest absolute Gasteiger partial charge is 0.465 e. The molecule has 1 N–H and O–H groups in total. The Hall–Kier alpha value is -2.37. The molecule has 0 aromatic heterocycles. The fourth-order valence-electron chi connectivity index (χ4n) is 2.55. The van der Waals surface area contributed by atoms with Gasteiger partial charge in [-0.15, -0.1) is 0 Å². The Morgan fingerprint density at radius 2 is 1.96 bits per heavy atom. The van der Waals surface area contributed by atoms with Gasteiger partial charge in [0.05, 0.1) is 12.7 Å².